The van der Waals surface area contributed by atoms with Gasteiger partial charge in [0.25, 0.3) is 5.91 Å². The predicted molar refractivity (Wildman–Crippen MR) is 103 cm³/mol. The molecule has 1 aromatic heterocycles. The van der Waals surface area contributed by atoms with Crippen LogP contribution in [0.5, 0.6) is 0 Å². The minimum absolute atomic E-state index is 0.266. The minimum atomic E-state index is -0.628. The number of para-hydroxylation sites is 2. The standard InChI is InChI=1S/C20H21N5O3/c1-3-14(2)15-8-4-6-10-17(15)22-19(26)12-28-20(27)16-9-5-7-11-18(16)25-13-21-23-24-25/h4-11,13-14H,3,12H2,1-2H3,(H,22,26)/t14-/m1/s1. The number of nitrogens with one attached hydrogen (secondary N) is 1. The zero-order chi connectivity index (χ0) is 19.9. The van der Waals surface area contributed by atoms with E-state index in [2.05, 4.69) is 34.7 Å². The molecular formula is C20H21N5O3. The molecular weight excluding hydrogens is 358 g/mol. The predicted octanol–water partition coefficient (Wildman–Crippen LogP) is 2.97. The molecule has 3 aromatic rings. The second kappa shape index (κ2) is 8.90. The summed E-state index contributed by atoms with van der Waals surface area (Å²) in [6.07, 6.45) is 2.33. The van der Waals surface area contributed by atoms with Crippen molar-refractivity contribution in [2.75, 3.05) is 11.9 Å². The fourth-order valence-corrected chi connectivity index (χ4v) is 2.77. The number of rotatable bonds is 7. The number of carbonyl (C=O) groups is 2. The van der Waals surface area contributed by atoms with Gasteiger partial charge in [-0.3, -0.25) is 4.79 Å². The molecule has 3 rings (SSSR count). The number of carbonyl (C=O) groups excluding carboxylic acids is 2. The van der Waals surface area contributed by atoms with Gasteiger partial charge in [-0.2, -0.15) is 4.68 Å². The van der Waals surface area contributed by atoms with E-state index in [4.69, 9.17) is 4.74 Å². The van der Waals surface area contributed by atoms with Gasteiger partial charge in [0.05, 0.1) is 11.3 Å². The SMILES string of the molecule is CC[C@@H](C)c1ccccc1NC(=O)COC(=O)c1ccccc1-n1cnnn1. The molecule has 8 heteroatoms. The molecule has 0 aliphatic rings. The Morgan fingerprint density at radius 2 is 1.89 bits per heavy atom. The number of ether oxygens (including phenoxy) is 1. The van der Waals surface area contributed by atoms with Gasteiger partial charge in [0.2, 0.25) is 0 Å². The lowest BCUT2D eigenvalue weighted by atomic mass is 9.97. The van der Waals surface area contributed by atoms with E-state index >= 15 is 0 Å². The van der Waals surface area contributed by atoms with Gasteiger partial charge in [-0.15, -0.1) is 5.10 Å². The second-order valence-electron chi connectivity index (χ2n) is 6.29. The molecule has 0 aliphatic carbocycles. The summed E-state index contributed by atoms with van der Waals surface area (Å²) >= 11 is 0. The molecule has 144 valence electrons. The summed E-state index contributed by atoms with van der Waals surface area (Å²) < 4.78 is 6.55. The van der Waals surface area contributed by atoms with Crippen molar-refractivity contribution < 1.29 is 14.3 Å². The van der Waals surface area contributed by atoms with Crippen molar-refractivity contribution in [3.8, 4) is 5.69 Å². The molecule has 1 heterocycles. The fraction of sp³-hybridized carbons (Fsp3) is 0.250. The zero-order valence-electron chi connectivity index (χ0n) is 15.7. The molecule has 0 bridgehead atoms. The number of tetrazole rings is 1. The van der Waals surface area contributed by atoms with Crippen molar-refractivity contribution in [3.05, 3.63) is 66.0 Å². The molecule has 0 saturated heterocycles. The maximum Gasteiger partial charge on any atom is 0.340 e. The quantitative estimate of drug-likeness (QED) is 0.634. The van der Waals surface area contributed by atoms with E-state index in [1.54, 1.807) is 24.3 Å². The third-order valence-corrected chi connectivity index (χ3v) is 4.43. The molecule has 1 atom stereocenters. The van der Waals surface area contributed by atoms with E-state index in [0.29, 0.717) is 11.6 Å². The van der Waals surface area contributed by atoms with Crippen LogP contribution in [0.15, 0.2) is 54.9 Å². The van der Waals surface area contributed by atoms with Gasteiger partial charge in [0.15, 0.2) is 6.61 Å². The molecule has 0 aliphatic heterocycles. The summed E-state index contributed by atoms with van der Waals surface area (Å²) in [4.78, 5) is 24.8. The van der Waals surface area contributed by atoms with Crippen molar-refractivity contribution in [2.24, 2.45) is 0 Å². The molecule has 1 N–H and O–H groups in total. The average molecular weight is 379 g/mol. The van der Waals surface area contributed by atoms with Crippen LogP contribution in [0.25, 0.3) is 5.69 Å². The molecule has 8 nitrogen and oxygen atoms in total. The Balaban J connectivity index is 1.66. The van der Waals surface area contributed by atoms with Crippen molar-refractivity contribution in [2.45, 2.75) is 26.2 Å². The first-order valence-corrected chi connectivity index (χ1v) is 8.98. The van der Waals surface area contributed by atoms with Crippen LogP contribution in [0.1, 0.15) is 42.1 Å². The number of hydrogen-bond acceptors (Lipinski definition) is 6. The smallest absolute Gasteiger partial charge is 0.340 e. The van der Waals surface area contributed by atoms with Gasteiger partial charge >= 0.3 is 5.97 Å². The van der Waals surface area contributed by atoms with Crippen LogP contribution in [-0.4, -0.2) is 38.7 Å². The fourth-order valence-electron chi connectivity index (χ4n) is 2.77. The van der Waals surface area contributed by atoms with Crippen LogP contribution in [-0.2, 0) is 9.53 Å². The maximum absolute atomic E-state index is 12.5. The number of esters is 1. The highest BCUT2D eigenvalue weighted by Gasteiger charge is 2.17. The number of anilines is 1. The molecule has 0 unspecified atom stereocenters. The Morgan fingerprint density at radius 3 is 2.64 bits per heavy atom. The van der Waals surface area contributed by atoms with Crippen LogP contribution in [0.2, 0.25) is 0 Å². The third-order valence-electron chi connectivity index (χ3n) is 4.43. The Labute approximate surface area is 162 Å². The van der Waals surface area contributed by atoms with Gasteiger partial charge in [-0.05, 0) is 46.5 Å². The number of nitrogens with zero attached hydrogens (tertiary/aromatic N) is 4. The number of aromatic nitrogens is 4. The van der Waals surface area contributed by atoms with Gasteiger partial charge in [0.1, 0.15) is 6.33 Å². The van der Waals surface area contributed by atoms with Crippen LogP contribution in [0.4, 0.5) is 5.69 Å². The summed E-state index contributed by atoms with van der Waals surface area (Å²) in [5, 5.41) is 13.7. The Bertz CT molecular complexity index is 956. The number of amides is 1. The van der Waals surface area contributed by atoms with Crippen LogP contribution in [0, 0.1) is 0 Å². The van der Waals surface area contributed by atoms with E-state index < -0.39 is 18.5 Å². The van der Waals surface area contributed by atoms with E-state index in [-0.39, 0.29) is 5.56 Å². The van der Waals surface area contributed by atoms with E-state index in [9.17, 15) is 9.59 Å². The number of benzene rings is 2. The van der Waals surface area contributed by atoms with Crippen molar-refractivity contribution in [1.82, 2.24) is 20.2 Å². The maximum atomic E-state index is 12.5. The summed E-state index contributed by atoms with van der Waals surface area (Å²) in [5.74, 6) is -0.720. The summed E-state index contributed by atoms with van der Waals surface area (Å²) in [7, 11) is 0. The average Bonchev–Trinajstić information content (AvgIpc) is 3.26. The molecule has 28 heavy (non-hydrogen) atoms. The third kappa shape index (κ3) is 4.40. The van der Waals surface area contributed by atoms with E-state index in [0.717, 1.165) is 17.7 Å². The monoisotopic (exact) mass is 379 g/mol. The minimum Gasteiger partial charge on any atom is -0.452 e. The molecule has 0 spiro atoms. The zero-order valence-corrected chi connectivity index (χ0v) is 15.7. The van der Waals surface area contributed by atoms with Crippen molar-refractivity contribution in [1.29, 1.82) is 0 Å². The highest BCUT2D eigenvalue weighted by atomic mass is 16.5. The molecule has 2 aromatic carbocycles. The topological polar surface area (TPSA) is 99.0 Å². The Morgan fingerprint density at radius 1 is 1.14 bits per heavy atom. The Hall–Kier alpha value is -3.55. The highest BCUT2D eigenvalue weighted by Crippen LogP contribution is 2.26. The van der Waals surface area contributed by atoms with Crippen molar-refractivity contribution in [3.63, 3.8) is 0 Å². The molecule has 0 radical (unpaired) electrons. The lowest BCUT2D eigenvalue weighted by molar-refractivity contribution is -0.119. The van der Waals surface area contributed by atoms with Crippen LogP contribution in [0.3, 0.4) is 0 Å². The Kier molecular flexibility index (Phi) is 6.11. The van der Waals surface area contributed by atoms with E-state index in [1.807, 2.05) is 24.3 Å². The summed E-state index contributed by atoms with van der Waals surface area (Å²) in [6.45, 7) is 3.80. The second-order valence-corrected chi connectivity index (χ2v) is 6.29. The first kappa shape index (κ1) is 19.2. The number of hydrogen-bond donors (Lipinski definition) is 1. The van der Waals surface area contributed by atoms with Gasteiger partial charge < -0.3 is 10.1 Å². The molecule has 0 saturated carbocycles. The van der Waals surface area contributed by atoms with Gasteiger partial charge in [-0.25, -0.2) is 4.79 Å². The van der Waals surface area contributed by atoms with Gasteiger partial charge in [0, 0.05) is 5.69 Å². The largest absolute Gasteiger partial charge is 0.452 e. The lowest BCUT2D eigenvalue weighted by Crippen LogP contribution is -2.22. The summed E-state index contributed by atoms with van der Waals surface area (Å²) in [5.41, 5.74) is 2.52. The first-order chi connectivity index (χ1) is 13.6. The van der Waals surface area contributed by atoms with Crippen LogP contribution < -0.4 is 5.32 Å². The highest BCUT2D eigenvalue weighted by molar-refractivity contribution is 5.97. The normalized spacial score (nSPS) is 11.6. The van der Waals surface area contributed by atoms with E-state index in [1.165, 1.54) is 11.0 Å². The summed E-state index contributed by atoms with van der Waals surface area (Å²) in [6, 6.07) is 14.4. The first-order valence-electron chi connectivity index (χ1n) is 8.98. The molecule has 1 amide bonds. The van der Waals surface area contributed by atoms with Crippen molar-refractivity contribution >= 4 is 17.6 Å². The lowest BCUT2D eigenvalue weighted by Gasteiger charge is -2.15. The van der Waals surface area contributed by atoms with Gasteiger partial charge in [-0.1, -0.05) is 44.2 Å². The molecule has 0 fully saturated rings. The van der Waals surface area contributed by atoms with Crippen LogP contribution >= 0.6 is 0 Å².